The molecule has 0 rings (SSSR count). The molecular weight excluding hydrogens is 240 g/mol. The molecule has 2 N–H and O–H groups in total. The van der Waals surface area contributed by atoms with Gasteiger partial charge in [-0.3, -0.25) is 4.79 Å². The second-order valence-corrected chi connectivity index (χ2v) is 10.4. The van der Waals surface area contributed by atoms with Crippen molar-refractivity contribution in [2.24, 2.45) is 0 Å². The summed E-state index contributed by atoms with van der Waals surface area (Å²) in [6, 6.07) is 0. The summed E-state index contributed by atoms with van der Waals surface area (Å²) >= 11 is 0. The number of aliphatic hydroxyl groups is 1. The largest absolute Gasteiger partial charge is 0.479 e. The van der Waals surface area contributed by atoms with Gasteiger partial charge in [-0.05, 0) is 25.1 Å². The first-order chi connectivity index (χ1) is 7.40. The van der Waals surface area contributed by atoms with Crippen molar-refractivity contribution in [3.63, 3.8) is 0 Å². The number of aliphatic hydroxyl groups excluding tert-OH is 1. The van der Waals surface area contributed by atoms with Crippen molar-refractivity contribution in [2.45, 2.75) is 58.0 Å². The van der Waals surface area contributed by atoms with Crippen molar-refractivity contribution in [3.05, 3.63) is 0 Å². The van der Waals surface area contributed by atoms with E-state index in [1.165, 1.54) is 6.92 Å². The molecule has 0 aliphatic carbocycles. The Morgan fingerprint density at radius 3 is 1.88 bits per heavy atom. The van der Waals surface area contributed by atoms with Gasteiger partial charge in [0.1, 0.15) is 6.10 Å². The molecule has 100 valence electrons. The van der Waals surface area contributed by atoms with Crippen LogP contribution in [0.5, 0.6) is 0 Å². The third-order valence-electron chi connectivity index (χ3n) is 3.11. The summed E-state index contributed by atoms with van der Waals surface area (Å²) in [6.07, 6.45) is -2.91. The molecule has 0 fully saturated rings. The average Bonchev–Trinajstić information content (AvgIpc) is 2.10. The van der Waals surface area contributed by atoms with Crippen LogP contribution in [-0.4, -0.2) is 42.5 Å². The molecule has 0 aromatic rings. The highest BCUT2D eigenvalue weighted by atomic mass is 28.4. The van der Waals surface area contributed by atoms with E-state index in [0.717, 1.165) is 0 Å². The summed E-state index contributed by atoms with van der Waals surface area (Å²) in [5.74, 6) is -2.15. The Labute approximate surface area is 103 Å². The number of hydrogen-bond donors (Lipinski definition) is 2. The first-order valence-corrected chi connectivity index (χ1v) is 8.43. The maximum absolute atomic E-state index is 11.6. The van der Waals surface area contributed by atoms with Crippen LogP contribution in [0.2, 0.25) is 18.1 Å². The molecule has 0 amide bonds. The number of aliphatic carboxylic acids is 1. The van der Waals surface area contributed by atoms with Gasteiger partial charge in [0.05, 0.1) is 0 Å². The topological polar surface area (TPSA) is 83.8 Å². The third kappa shape index (κ3) is 4.21. The second kappa shape index (κ2) is 5.28. The Hall–Kier alpha value is -0.723. The zero-order chi connectivity index (χ0) is 14.0. The zero-order valence-electron chi connectivity index (χ0n) is 11.3. The molecular formula is C11H22O5Si. The minimum Gasteiger partial charge on any atom is -0.479 e. The molecule has 2 unspecified atom stereocenters. The summed E-state index contributed by atoms with van der Waals surface area (Å²) in [5.41, 5.74) is 0. The lowest BCUT2D eigenvalue weighted by Crippen LogP contribution is -2.50. The van der Waals surface area contributed by atoms with Gasteiger partial charge in [0, 0.05) is 0 Å². The van der Waals surface area contributed by atoms with Gasteiger partial charge in [0.25, 0.3) is 0 Å². The lowest BCUT2D eigenvalue weighted by molar-refractivity contribution is -0.153. The summed E-state index contributed by atoms with van der Waals surface area (Å²) in [7, 11) is -2.35. The Morgan fingerprint density at radius 2 is 1.65 bits per heavy atom. The monoisotopic (exact) mass is 262 g/mol. The van der Waals surface area contributed by atoms with Gasteiger partial charge in [-0.1, -0.05) is 20.8 Å². The van der Waals surface area contributed by atoms with Crippen molar-refractivity contribution in [1.29, 1.82) is 0 Å². The van der Waals surface area contributed by atoms with Crippen molar-refractivity contribution in [2.75, 3.05) is 0 Å². The SMILES string of the molecule is CC(O)C(=O)C(O[Si](C)(C)C(C)(C)C)C(=O)O. The Balaban J connectivity index is 5.04. The van der Waals surface area contributed by atoms with E-state index in [4.69, 9.17) is 14.6 Å². The number of hydrogen-bond acceptors (Lipinski definition) is 4. The smallest absolute Gasteiger partial charge is 0.339 e. The molecule has 0 heterocycles. The van der Waals surface area contributed by atoms with Crippen LogP contribution in [-0.2, 0) is 14.0 Å². The summed E-state index contributed by atoms with van der Waals surface area (Å²) in [5, 5.41) is 18.0. The van der Waals surface area contributed by atoms with E-state index in [-0.39, 0.29) is 5.04 Å². The fourth-order valence-corrected chi connectivity index (χ4v) is 2.08. The van der Waals surface area contributed by atoms with E-state index in [0.29, 0.717) is 0 Å². The molecule has 0 aliphatic rings. The Kier molecular flexibility index (Phi) is 5.06. The average molecular weight is 262 g/mol. The van der Waals surface area contributed by atoms with Crippen LogP contribution in [0.15, 0.2) is 0 Å². The Bertz CT molecular complexity index is 303. The minimum atomic E-state index is -2.35. The van der Waals surface area contributed by atoms with Crippen molar-refractivity contribution >= 4 is 20.1 Å². The predicted molar refractivity (Wildman–Crippen MR) is 66.4 cm³/mol. The first-order valence-electron chi connectivity index (χ1n) is 5.52. The number of carbonyl (C=O) groups is 2. The standard InChI is InChI=1S/C11H22O5Si/c1-7(12)8(13)9(10(14)15)16-17(5,6)11(2,3)4/h7,9,12H,1-6H3,(H,14,15). The molecule has 0 saturated carbocycles. The van der Waals surface area contributed by atoms with Gasteiger partial charge >= 0.3 is 5.97 Å². The molecule has 0 aliphatic heterocycles. The highest BCUT2D eigenvalue weighted by molar-refractivity contribution is 6.74. The maximum Gasteiger partial charge on any atom is 0.339 e. The minimum absolute atomic E-state index is 0.195. The fraction of sp³-hybridized carbons (Fsp3) is 0.818. The van der Waals surface area contributed by atoms with E-state index in [1.54, 1.807) is 0 Å². The molecule has 0 aromatic carbocycles. The van der Waals surface area contributed by atoms with Gasteiger partial charge in [-0.2, -0.15) is 0 Å². The van der Waals surface area contributed by atoms with Crippen LogP contribution in [0, 0.1) is 0 Å². The van der Waals surface area contributed by atoms with E-state index >= 15 is 0 Å². The quantitative estimate of drug-likeness (QED) is 0.578. The molecule has 17 heavy (non-hydrogen) atoms. The maximum atomic E-state index is 11.6. The number of Topliss-reactive ketones (excluding diaryl/α,β-unsaturated/α-hetero) is 1. The predicted octanol–water partition coefficient (Wildman–Crippen LogP) is 1.41. The molecule has 6 heteroatoms. The zero-order valence-corrected chi connectivity index (χ0v) is 12.3. The van der Waals surface area contributed by atoms with E-state index in [2.05, 4.69) is 0 Å². The molecule has 5 nitrogen and oxygen atoms in total. The van der Waals surface area contributed by atoms with Gasteiger partial charge in [-0.25, -0.2) is 4.79 Å². The molecule has 0 aromatic heterocycles. The van der Waals surface area contributed by atoms with Crippen LogP contribution < -0.4 is 0 Å². The Morgan fingerprint density at radius 1 is 1.24 bits per heavy atom. The highest BCUT2D eigenvalue weighted by Gasteiger charge is 2.43. The summed E-state index contributed by atoms with van der Waals surface area (Å²) < 4.78 is 5.52. The van der Waals surface area contributed by atoms with Crippen LogP contribution in [0.4, 0.5) is 0 Å². The summed E-state index contributed by atoms with van der Waals surface area (Å²) in [4.78, 5) is 22.6. The van der Waals surface area contributed by atoms with E-state index < -0.39 is 32.3 Å². The third-order valence-corrected chi connectivity index (χ3v) is 7.55. The number of carboxylic acids is 1. The molecule has 2 atom stereocenters. The molecule has 0 bridgehead atoms. The summed E-state index contributed by atoms with van der Waals surface area (Å²) in [6.45, 7) is 10.8. The van der Waals surface area contributed by atoms with E-state index in [1.807, 2.05) is 33.9 Å². The van der Waals surface area contributed by atoms with Crippen LogP contribution in [0.1, 0.15) is 27.7 Å². The number of carboxylic acid groups (broad SMARTS) is 1. The molecule has 0 radical (unpaired) electrons. The second-order valence-electron chi connectivity index (χ2n) is 5.67. The van der Waals surface area contributed by atoms with Crippen molar-refractivity contribution in [1.82, 2.24) is 0 Å². The van der Waals surface area contributed by atoms with Gasteiger partial charge in [0.2, 0.25) is 6.10 Å². The molecule has 0 spiro atoms. The fourth-order valence-electron chi connectivity index (χ4n) is 0.921. The number of carbonyl (C=O) groups excluding carboxylic acids is 1. The number of rotatable bonds is 5. The van der Waals surface area contributed by atoms with Gasteiger partial charge < -0.3 is 14.6 Å². The van der Waals surface area contributed by atoms with Gasteiger partial charge in [-0.15, -0.1) is 0 Å². The van der Waals surface area contributed by atoms with Crippen LogP contribution in [0.25, 0.3) is 0 Å². The number of ketones is 1. The van der Waals surface area contributed by atoms with Crippen molar-refractivity contribution in [3.8, 4) is 0 Å². The van der Waals surface area contributed by atoms with Crippen molar-refractivity contribution < 1.29 is 24.2 Å². The lowest BCUT2D eigenvalue weighted by Gasteiger charge is -2.37. The van der Waals surface area contributed by atoms with Crippen LogP contribution in [0.3, 0.4) is 0 Å². The molecule has 0 saturated heterocycles. The van der Waals surface area contributed by atoms with Crippen LogP contribution >= 0.6 is 0 Å². The first kappa shape index (κ1) is 16.3. The normalized spacial score (nSPS) is 16.4. The van der Waals surface area contributed by atoms with Gasteiger partial charge in [0.15, 0.2) is 14.1 Å². The van der Waals surface area contributed by atoms with E-state index in [9.17, 15) is 9.59 Å². The lowest BCUT2D eigenvalue weighted by atomic mass is 10.1. The highest BCUT2D eigenvalue weighted by Crippen LogP contribution is 2.37.